The Bertz CT molecular complexity index is 710. The molecule has 3 aliphatic heterocycles. The number of nitrogens with zero attached hydrogens (tertiary/aromatic N) is 1. The van der Waals surface area contributed by atoms with E-state index in [9.17, 15) is 14.7 Å². The molecule has 3 aliphatic rings. The molecule has 4 rings (SSSR count). The van der Waals surface area contributed by atoms with Crippen LogP contribution in [-0.4, -0.2) is 67.7 Å². The maximum atomic E-state index is 12.6. The van der Waals surface area contributed by atoms with Crippen molar-refractivity contribution < 1.29 is 24.2 Å². The number of anilines is 1. The molecule has 0 saturated carbocycles. The van der Waals surface area contributed by atoms with Crippen LogP contribution >= 0.6 is 0 Å². The number of rotatable bonds is 3. The van der Waals surface area contributed by atoms with Gasteiger partial charge in [-0.1, -0.05) is 6.07 Å². The van der Waals surface area contributed by atoms with Crippen LogP contribution < -0.4 is 15.5 Å². The Balaban J connectivity index is 1.50. The lowest BCUT2D eigenvalue weighted by Crippen LogP contribution is -2.44. The van der Waals surface area contributed by atoms with E-state index in [2.05, 4.69) is 10.6 Å². The van der Waals surface area contributed by atoms with Gasteiger partial charge in [-0.05, 0) is 24.6 Å². The molecule has 3 heterocycles. The quantitative estimate of drug-likeness (QED) is 0.702. The Morgan fingerprint density at radius 1 is 1.32 bits per heavy atom. The van der Waals surface area contributed by atoms with Crippen molar-refractivity contribution in [3.8, 4) is 0 Å². The number of carbonyl (C=O) groups is 2. The molecule has 0 bridgehead atoms. The third kappa shape index (κ3) is 2.86. The summed E-state index contributed by atoms with van der Waals surface area (Å²) in [6.07, 6.45) is -1.35. The number of hydrogen-bond acceptors (Lipinski definition) is 5. The molecule has 3 N–H and O–H groups in total. The normalized spacial score (nSPS) is 31.1. The highest BCUT2D eigenvalue weighted by molar-refractivity contribution is 5.99. The van der Waals surface area contributed by atoms with Gasteiger partial charge in [-0.3, -0.25) is 9.69 Å². The first-order valence-corrected chi connectivity index (χ1v) is 8.43. The van der Waals surface area contributed by atoms with Crippen LogP contribution in [-0.2, 0) is 9.47 Å². The lowest BCUT2D eigenvalue weighted by atomic mass is 10.1. The molecule has 3 fully saturated rings. The van der Waals surface area contributed by atoms with Gasteiger partial charge in [0, 0.05) is 24.3 Å². The van der Waals surface area contributed by atoms with Crippen molar-refractivity contribution in [2.75, 3.05) is 31.2 Å². The fourth-order valence-corrected chi connectivity index (χ4v) is 3.60. The lowest BCUT2D eigenvalue weighted by Gasteiger charge is -2.20. The number of fused-ring (bicyclic) bond motifs is 1. The summed E-state index contributed by atoms with van der Waals surface area (Å²) in [6, 6.07) is 4.85. The Morgan fingerprint density at radius 3 is 2.88 bits per heavy atom. The van der Waals surface area contributed by atoms with Crippen molar-refractivity contribution in [2.24, 2.45) is 0 Å². The molecular weight excluding hydrogens is 326 g/mol. The molecule has 25 heavy (non-hydrogen) atoms. The van der Waals surface area contributed by atoms with E-state index in [1.54, 1.807) is 17.0 Å². The standard InChI is InChI=1S/C17H21N3O5/c1-9-2-3-10(6-12(9)20-5-4-18-17(20)23)16(22)19-11-7-24-15-13(21)8-25-14(11)15/h2-3,6,11,13-15,21H,4-5,7-8H2,1H3,(H,18,23)(H,19,22)/t11-,13-,14-,15-/m1/s1. The molecule has 8 heteroatoms. The number of carbonyl (C=O) groups excluding carboxylic acids is 2. The van der Waals surface area contributed by atoms with Crippen LogP contribution in [0.1, 0.15) is 15.9 Å². The molecule has 4 atom stereocenters. The van der Waals surface area contributed by atoms with Crippen LogP contribution in [0.2, 0.25) is 0 Å². The average molecular weight is 347 g/mol. The van der Waals surface area contributed by atoms with Crippen molar-refractivity contribution in [2.45, 2.75) is 31.3 Å². The van der Waals surface area contributed by atoms with Crippen LogP contribution in [0, 0.1) is 6.92 Å². The second-order valence-electron chi connectivity index (χ2n) is 6.63. The summed E-state index contributed by atoms with van der Waals surface area (Å²) in [7, 11) is 0. The highest BCUT2D eigenvalue weighted by atomic mass is 16.6. The van der Waals surface area contributed by atoms with E-state index < -0.39 is 6.10 Å². The van der Waals surface area contributed by atoms with Gasteiger partial charge in [-0.2, -0.15) is 0 Å². The zero-order valence-electron chi connectivity index (χ0n) is 13.9. The first-order valence-electron chi connectivity index (χ1n) is 8.43. The van der Waals surface area contributed by atoms with Crippen LogP contribution in [0.4, 0.5) is 10.5 Å². The minimum atomic E-state index is -0.647. The van der Waals surface area contributed by atoms with Gasteiger partial charge in [-0.15, -0.1) is 0 Å². The monoisotopic (exact) mass is 347 g/mol. The number of ether oxygens (including phenoxy) is 2. The number of aryl methyl sites for hydroxylation is 1. The number of amides is 3. The lowest BCUT2D eigenvalue weighted by molar-refractivity contribution is 0.0178. The minimum Gasteiger partial charge on any atom is -0.388 e. The highest BCUT2D eigenvalue weighted by Gasteiger charge is 2.47. The number of benzene rings is 1. The van der Waals surface area contributed by atoms with E-state index in [1.165, 1.54) is 0 Å². The number of aliphatic hydroxyl groups excluding tert-OH is 1. The number of nitrogens with one attached hydrogen (secondary N) is 2. The third-order valence-electron chi connectivity index (χ3n) is 4.96. The van der Waals surface area contributed by atoms with Gasteiger partial charge in [0.15, 0.2) is 0 Å². The molecule has 1 aromatic rings. The van der Waals surface area contributed by atoms with Crippen molar-refractivity contribution in [1.29, 1.82) is 0 Å². The maximum absolute atomic E-state index is 12.6. The molecular formula is C17H21N3O5. The molecule has 3 saturated heterocycles. The predicted octanol–water partition coefficient (Wildman–Crippen LogP) is -0.218. The minimum absolute atomic E-state index is 0.152. The summed E-state index contributed by atoms with van der Waals surface area (Å²) in [5.41, 5.74) is 2.14. The average Bonchev–Trinajstić information content (AvgIpc) is 3.28. The van der Waals surface area contributed by atoms with E-state index in [4.69, 9.17) is 9.47 Å². The fraction of sp³-hybridized carbons (Fsp3) is 0.529. The molecule has 0 radical (unpaired) electrons. The van der Waals surface area contributed by atoms with E-state index in [0.29, 0.717) is 25.3 Å². The van der Waals surface area contributed by atoms with Gasteiger partial charge >= 0.3 is 6.03 Å². The molecule has 0 unspecified atom stereocenters. The summed E-state index contributed by atoms with van der Waals surface area (Å²) in [5.74, 6) is -0.250. The topological polar surface area (TPSA) is 100 Å². The zero-order chi connectivity index (χ0) is 17.6. The van der Waals surface area contributed by atoms with Crippen molar-refractivity contribution >= 4 is 17.6 Å². The fourth-order valence-electron chi connectivity index (χ4n) is 3.60. The molecule has 134 valence electrons. The van der Waals surface area contributed by atoms with E-state index in [1.807, 2.05) is 13.0 Å². The van der Waals surface area contributed by atoms with Crippen molar-refractivity contribution in [1.82, 2.24) is 10.6 Å². The van der Waals surface area contributed by atoms with Crippen LogP contribution in [0.25, 0.3) is 0 Å². The summed E-state index contributed by atoms with van der Waals surface area (Å²) in [4.78, 5) is 26.2. The smallest absolute Gasteiger partial charge is 0.322 e. The molecule has 0 spiro atoms. The van der Waals surface area contributed by atoms with Crippen molar-refractivity contribution in [3.05, 3.63) is 29.3 Å². The Kier molecular flexibility index (Phi) is 4.10. The second kappa shape index (κ2) is 6.29. The third-order valence-corrected chi connectivity index (χ3v) is 4.96. The highest BCUT2D eigenvalue weighted by Crippen LogP contribution is 2.28. The Morgan fingerprint density at radius 2 is 2.12 bits per heavy atom. The summed E-state index contributed by atoms with van der Waals surface area (Å²) in [6.45, 7) is 3.62. The number of hydrogen-bond donors (Lipinski definition) is 3. The molecule has 0 aromatic heterocycles. The Hall–Kier alpha value is -2.16. The first-order chi connectivity index (χ1) is 12.0. The molecule has 3 amide bonds. The Labute approximate surface area is 145 Å². The molecule has 1 aromatic carbocycles. The van der Waals surface area contributed by atoms with Gasteiger partial charge in [-0.25, -0.2) is 4.79 Å². The van der Waals surface area contributed by atoms with E-state index >= 15 is 0 Å². The van der Waals surface area contributed by atoms with Gasteiger partial charge in [0.25, 0.3) is 5.91 Å². The van der Waals surface area contributed by atoms with Crippen LogP contribution in [0.15, 0.2) is 18.2 Å². The predicted molar refractivity (Wildman–Crippen MR) is 88.7 cm³/mol. The second-order valence-corrected chi connectivity index (χ2v) is 6.63. The van der Waals surface area contributed by atoms with Gasteiger partial charge in [0.05, 0.1) is 19.3 Å². The zero-order valence-corrected chi connectivity index (χ0v) is 13.9. The number of urea groups is 1. The van der Waals surface area contributed by atoms with Gasteiger partial charge in [0.1, 0.15) is 18.3 Å². The van der Waals surface area contributed by atoms with Gasteiger partial charge < -0.3 is 25.2 Å². The summed E-state index contributed by atoms with van der Waals surface area (Å²) >= 11 is 0. The largest absolute Gasteiger partial charge is 0.388 e. The molecule has 0 aliphatic carbocycles. The van der Waals surface area contributed by atoms with Crippen LogP contribution in [0.5, 0.6) is 0 Å². The van der Waals surface area contributed by atoms with Crippen molar-refractivity contribution in [3.63, 3.8) is 0 Å². The number of aliphatic hydroxyl groups is 1. The molecule has 8 nitrogen and oxygen atoms in total. The first kappa shape index (κ1) is 16.3. The SMILES string of the molecule is Cc1ccc(C(=O)N[C@@H]2CO[C@H]3[C@@H]2OC[C@H]3O)cc1N1CCNC1=O. The van der Waals surface area contributed by atoms with Crippen LogP contribution in [0.3, 0.4) is 0 Å². The maximum Gasteiger partial charge on any atom is 0.322 e. The van der Waals surface area contributed by atoms with Gasteiger partial charge in [0.2, 0.25) is 0 Å². The summed E-state index contributed by atoms with van der Waals surface area (Å²) < 4.78 is 11.1. The van der Waals surface area contributed by atoms with E-state index in [0.717, 1.165) is 11.3 Å². The van der Waals surface area contributed by atoms with E-state index in [-0.39, 0.29) is 36.8 Å². The summed E-state index contributed by atoms with van der Waals surface area (Å²) in [5, 5.41) is 15.5.